The Kier molecular flexibility index (Phi) is 3.87. The average Bonchev–Trinajstić information content (AvgIpc) is 2.96. The van der Waals surface area contributed by atoms with Crippen molar-refractivity contribution in [2.45, 2.75) is 44.9 Å². The molecule has 0 unspecified atom stereocenters. The van der Waals surface area contributed by atoms with Gasteiger partial charge in [-0.15, -0.1) is 0 Å². The SMILES string of the molecule is CC(C)C(=O)NCC1(c2ccsc2)CCCC1. The van der Waals surface area contributed by atoms with Crippen LogP contribution in [0.15, 0.2) is 16.8 Å². The number of hydrogen-bond donors (Lipinski definition) is 1. The molecule has 1 aliphatic carbocycles. The Hall–Kier alpha value is -0.830. The summed E-state index contributed by atoms with van der Waals surface area (Å²) in [4.78, 5) is 11.7. The third kappa shape index (κ3) is 2.71. The molecular weight excluding hydrogens is 230 g/mol. The summed E-state index contributed by atoms with van der Waals surface area (Å²) in [5.41, 5.74) is 1.63. The van der Waals surface area contributed by atoms with E-state index in [2.05, 4.69) is 22.1 Å². The molecule has 1 aromatic rings. The Balaban J connectivity index is 2.06. The fourth-order valence-corrected chi connectivity index (χ4v) is 3.42. The summed E-state index contributed by atoms with van der Waals surface area (Å²) in [6.07, 6.45) is 4.99. The van der Waals surface area contributed by atoms with Gasteiger partial charge in [0.1, 0.15) is 0 Å². The minimum atomic E-state index is 0.0796. The van der Waals surface area contributed by atoms with Crippen LogP contribution in [0.5, 0.6) is 0 Å². The van der Waals surface area contributed by atoms with Crippen LogP contribution in [0.1, 0.15) is 45.1 Å². The van der Waals surface area contributed by atoms with Crippen LogP contribution in [0.2, 0.25) is 0 Å². The van der Waals surface area contributed by atoms with Crippen molar-refractivity contribution in [3.05, 3.63) is 22.4 Å². The Morgan fingerprint density at radius 2 is 2.18 bits per heavy atom. The molecule has 0 spiro atoms. The zero-order chi connectivity index (χ0) is 12.3. The molecule has 2 nitrogen and oxygen atoms in total. The van der Waals surface area contributed by atoms with Crippen molar-refractivity contribution >= 4 is 17.2 Å². The number of rotatable bonds is 4. The summed E-state index contributed by atoms with van der Waals surface area (Å²) in [6, 6.07) is 2.22. The van der Waals surface area contributed by atoms with Gasteiger partial charge in [-0.05, 0) is 35.2 Å². The first-order chi connectivity index (χ1) is 8.14. The van der Waals surface area contributed by atoms with E-state index in [0.29, 0.717) is 0 Å². The molecule has 1 saturated carbocycles. The van der Waals surface area contributed by atoms with Gasteiger partial charge in [-0.3, -0.25) is 4.79 Å². The van der Waals surface area contributed by atoms with Crippen LogP contribution in [0.4, 0.5) is 0 Å². The molecule has 1 aromatic heterocycles. The van der Waals surface area contributed by atoms with E-state index in [1.54, 1.807) is 11.3 Å². The van der Waals surface area contributed by atoms with Gasteiger partial charge in [-0.25, -0.2) is 0 Å². The minimum Gasteiger partial charge on any atom is -0.355 e. The molecule has 1 heterocycles. The van der Waals surface area contributed by atoms with Gasteiger partial charge in [0.25, 0.3) is 0 Å². The van der Waals surface area contributed by atoms with Crippen molar-refractivity contribution in [1.82, 2.24) is 5.32 Å². The second-order valence-corrected chi connectivity index (χ2v) is 6.15. The van der Waals surface area contributed by atoms with E-state index in [4.69, 9.17) is 0 Å². The first kappa shape index (κ1) is 12.6. The lowest BCUT2D eigenvalue weighted by Crippen LogP contribution is -2.40. The van der Waals surface area contributed by atoms with Gasteiger partial charge in [-0.2, -0.15) is 11.3 Å². The van der Waals surface area contributed by atoms with Gasteiger partial charge in [0.15, 0.2) is 0 Å². The molecule has 1 amide bonds. The molecule has 94 valence electrons. The smallest absolute Gasteiger partial charge is 0.222 e. The molecule has 1 aliphatic rings. The van der Waals surface area contributed by atoms with Crippen molar-refractivity contribution in [3.8, 4) is 0 Å². The summed E-state index contributed by atoms with van der Waals surface area (Å²) in [5, 5.41) is 7.50. The summed E-state index contributed by atoms with van der Waals surface area (Å²) in [6.45, 7) is 4.70. The number of nitrogens with one attached hydrogen (secondary N) is 1. The number of carbonyl (C=O) groups excluding carboxylic acids is 1. The van der Waals surface area contributed by atoms with Crippen molar-refractivity contribution in [1.29, 1.82) is 0 Å². The highest BCUT2D eigenvalue weighted by Gasteiger charge is 2.36. The van der Waals surface area contributed by atoms with E-state index in [0.717, 1.165) is 6.54 Å². The van der Waals surface area contributed by atoms with Crippen LogP contribution in [0, 0.1) is 5.92 Å². The predicted molar refractivity (Wildman–Crippen MR) is 72.3 cm³/mol. The van der Waals surface area contributed by atoms with E-state index in [-0.39, 0.29) is 17.2 Å². The zero-order valence-electron chi connectivity index (χ0n) is 10.7. The van der Waals surface area contributed by atoms with Gasteiger partial charge >= 0.3 is 0 Å². The van der Waals surface area contributed by atoms with Gasteiger partial charge in [0, 0.05) is 17.9 Å². The molecule has 17 heavy (non-hydrogen) atoms. The highest BCUT2D eigenvalue weighted by Crippen LogP contribution is 2.41. The van der Waals surface area contributed by atoms with E-state index < -0.39 is 0 Å². The first-order valence-corrected chi connectivity index (χ1v) is 7.39. The standard InChI is InChI=1S/C14H21NOS/c1-11(2)13(16)15-10-14(6-3-4-7-14)12-5-8-17-9-12/h5,8-9,11H,3-4,6-7,10H2,1-2H3,(H,15,16). The summed E-state index contributed by atoms with van der Waals surface area (Å²) >= 11 is 1.75. The lowest BCUT2D eigenvalue weighted by molar-refractivity contribution is -0.124. The molecule has 0 saturated heterocycles. The van der Waals surface area contributed by atoms with Crippen LogP contribution in [-0.4, -0.2) is 12.5 Å². The summed E-state index contributed by atoms with van der Waals surface area (Å²) in [7, 11) is 0. The summed E-state index contributed by atoms with van der Waals surface area (Å²) < 4.78 is 0. The number of hydrogen-bond acceptors (Lipinski definition) is 2. The fourth-order valence-electron chi connectivity index (χ4n) is 2.65. The molecule has 0 aromatic carbocycles. The van der Waals surface area contributed by atoms with Crippen LogP contribution >= 0.6 is 11.3 Å². The number of thiophene rings is 1. The van der Waals surface area contributed by atoms with E-state index in [9.17, 15) is 4.79 Å². The Labute approximate surface area is 107 Å². The second kappa shape index (κ2) is 5.21. The Bertz CT molecular complexity index is 364. The third-order valence-corrected chi connectivity index (χ3v) is 4.50. The van der Waals surface area contributed by atoms with Gasteiger partial charge in [-0.1, -0.05) is 26.7 Å². The van der Waals surface area contributed by atoms with E-state index >= 15 is 0 Å². The molecule has 0 radical (unpaired) electrons. The molecule has 0 atom stereocenters. The topological polar surface area (TPSA) is 29.1 Å². The van der Waals surface area contributed by atoms with Crippen LogP contribution in [-0.2, 0) is 10.2 Å². The van der Waals surface area contributed by atoms with E-state index in [1.165, 1.54) is 31.2 Å². The zero-order valence-corrected chi connectivity index (χ0v) is 11.5. The van der Waals surface area contributed by atoms with Crippen LogP contribution < -0.4 is 5.32 Å². The second-order valence-electron chi connectivity index (χ2n) is 5.37. The molecule has 1 N–H and O–H groups in total. The average molecular weight is 251 g/mol. The summed E-state index contributed by atoms with van der Waals surface area (Å²) in [5.74, 6) is 0.252. The molecule has 1 fully saturated rings. The quantitative estimate of drug-likeness (QED) is 0.873. The first-order valence-electron chi connectivity index (χ1n) is 6.44. The largest absolute Gasteiger partial charge is 0.355 e. The molecule has 0 bridgehead atoms. The van der Waals surface area contributed by atoms with Crippen molar-refractivity contribution in [2.75, 3.05) is 6.54 Å². The van der Waals surface area contributed by atoms with Crippen LogP contribution in [0.25, 0.3) is 0 Å². The normalized spacial score (nSPS) is 18.5. The lowest BCUT2D eigenvalue weighted by atomic mass is 9.80. The van der Waals surface area contributed by atoms with Crippen molar-refractivity contribution in [3.63, 3.8) is 0 Å². The van der Waals surface area contributed by atoms with Gasteiger partial charge < -0.3 is 5.32 Å². The third-order valence-electron chi connectivity index (χ3n) is 3.82. The maximum absolute atomic E-state index is 11.7. The molecule has 3 heteroatoms. The molecular formula is C14H21NOS. The highest BCUT2D eigenvalue weighted by molar-refractivity contribution is 7.08. The molecule has 0 aliphatic heterocycles. The maximum Gasteiger partial charge on any atom is 0.222 e. The Morgan fingerprint density at radius 1 is 1.47 bits per heavy atom. The monoisotopic (exact) mass is 251 g/mol. The predicted octanol–water partition coefficient (Wildman–Crippen LogP) is 3.33. The minimum absolute atomic E-state index is 0.0796. The Morgan fingerprint density at radius 3 is 2.71 bits per heavy atom. The lowest BCUT2D eigenvalue weighted by Gasteiger charge is -2.29. The highest BCUT2D eigenvalue weighted by atomic mass is 32.1. The maximum atomic E-state index is 11.7. The number of carbonyl (C=O) groups is 1. The van der Waals surface area contributed by atoms with Crippen molar-refractivity contribution in [2.24, 2.45) is 5.92 Å². The molecule has 2 rings (SSSR count). The number of amides is 1. The van der Waals surface area contributed by atoms with Gasteiger partial charge in [0.05, 0.1) is 0 Å². The van der Waals surface area contributed by atoms with Crippen LogP contribution in [0.3, 0.4) is 0 Å². The van der Waals surface area contributed by atoms with Crippen molar-refractivity contribution < 1.29 is 4.79 Å². The van der Waals surface area contributed by atoms with E-state index in [1.807, 2.05) is 13.8 Å². The fraction of sp³-hybridized carbons (Fsp3) is 0.643. The van der Waals surface area contributed by atoms with Gasteiger partial charge in [0.2, 0.25) is 5.91 Å².